The van der Waals surface area contributed by atoms with E-state index in [0.29, 0.717) is 0 Å². The largest absolute Gasteiger partial charge is 0.241 e. The standard InChI is InChI=1S/C25H33N5S/c1-5-11-20(2)12-9-10-15-26-25-24(17-28-30(25)21(3)19-31-4)22-16-27-29(18-22)23-13-7-6-8-14-23/h6-8,13-20H,5,9-12H2,1-4H3/b21-19+,26-15+. The highest BCUT2D eigenvalue weighted by atomic mass is 32.2. The van der Waals surface area contributed by atoms with E-state index in [9.17, 15) is 0 Å². The summed E-state index contributed by atoms with van der Waals surface area (Å²) in [6, 6.07) is 10.1. The Morgan fingerprint density at radius 3 is 2.71 bits per heavy atom. The number of hydrogen-bond donors (Lipinski definition) is 0. The second kappa shape index (κ2) is 11.7. The van der Waals surface area contributed by atoms with Crippen molar-refractivity contribution in [1.29, 1.82) is 0 Å². The predicted octanol–water partition coefficient (Wildman–Crippen LogP) is 7.23. The Balaban J connectivity index is 1.83. The summed E-state index contributed by atoms with van der Waals surface area (Å²) in [5.41, 5.74) is 4.09. The molecule has 0 radical (unpaired) electrons. The quantitative estimate of drug-likeness (QED) is 0.236. The first kappa shape index (κ1) is 23.1. The summed E-state index contributed by atoms with van der Waals surface area (Å²) >= 11 is 1.67. The highest BCUT2D eigenvalue weighted by Gasteiger charge is 2.15. The van der Waals surface area contributed by atoms with E-state index in [-0.39, 0.29) is 0 Å². The van der Waals surface area contributed by atoms with Crippen molar-refractivity contribution in [2.24, 2.45) is 10.9 Å². The molecule has 0 aliphatic rings. The van der Waals surface area contributed by atoms with Crippen LogP contribution in [-0.4, -0.2) is 32.0 Å². The summed E-state index contributed by atoms with van der Waals surface area (Å²) in [5.74, 6) is 1.65. The topological polar surface area (TPSA) is 48.0 Å². The van der Waals surface area contributed by atoms with Crippen LogP contribution < -0.4 is 0 Å². The molecule has 1 unspecified atom stereocenters. The summed E-state index contributed by atoms with van der Waals surface area (Å²) in [6.45, 7) is 6.66. The highest BCUT2D eigenvalue weighted by molar-refractivity contribution is 8.01. The van der Waals surface area contributed by atoms with Gasteiger partial charge in [0.05, 0.1) is 18.1 Å². The molecule has 0 saturated carbocycles. The number of hydrogen-bond acceptors (Lipinski definition) is 4. The third kappa shape index (κ3) is 6.20. The van der Waals surface area contributed by atoms with Crippen LogP contribution in [-0.2, 0) is 0 Å². The van der Waals surface area contributed by atoms with Crippen LogP contribution in [0.5, 0.6) is 0 Å². The molecule has 5 nitrogen and oxygen atoms in total. The number of allylic oxidation sites excluding steroid dienone is 1. The van der Waals surface area contributed by atoms with Crippen LogP contribution in [0.25, 0.3) is 22.5 Å². The lowest BCUT2D eigenvalue weighted by Crippen LogP contribution is -1.96. The zero-order valence-corrected chi connectivity index (χ0v) is 19.8. The fraction of sp³-hybridized carbons (Fsp3) is 0.400. The van der Waals surface area contributed by atoms with Gasteiger partial charge >= 0.3 is 0 Å². The number of nitrogens with zero attached hydrogens (tertiary/aromatic N) is 5. The molecule has 2 aromatic heterocycles. The van der Waals surface area contributed by atoms with Crippen LogP contribution in [0.2, 0.25) is 0 Å². The second-order valence-electron chi connectivity index (χ2n) is 7.93. The van der Waals surface area contributed by atoms with Crippen LogP contribution in [0.4, 0.5) is 5.82 Å². The van der Waals surface area contributed by atoms with Crippen molar-refractivity contribution in [1.82, 2.24) is 19.6 Å². The van der Waals surface area contributed by atoms with Gasteiger partial charge in [-0.1, -0.05) is 51.3 Å². The van der Waals surface area contributed by atoms with E-state index in [2.05, 4.69) is 42.6 Å². The maximum absolute atomic E-state index is 4.86. The SMILES string of the molecule is CCCC(C)CCC/C=N/c1c(-c2cnn(-c3ccccc3)c2)cnn1/C(C)=C/SC. The van der Waals surface area contributed by atoms with Gasteiger partial charge in [-0.25, -0.2) is 14.4 Å². The predicted molar refractivity (Wildman–Crippen MR) is 134 cm³/mol. The molecule has 1 atom stereocenters. The van der Waals surface area contributed by atoms with Crippen molar-refractivity contribution in [2.75, 3.05) is 6.26 Å². The van der Waals surface area contributed by atoms with E-state index in [0.717, 1.165) is 40.7 Å². The number of aliphatic imine (C=N–C) groups is 1. The maximum atomic E-state index is 4.86. The molecule has 0 amide bonds. The summed E-state index contributed by atoms with van der Waals surface area (Å²) < 4.78 is 3.81. The lowest BCUT2D eigenvalue weighted by Gasteiger charge is -2.08. The summed E-state index contributed by atoms with van der Waals surface area (Å²) in [6.07, 6.45) is 15.9. The molecule has 2 heterocycles. The van der Waals surface area contributed by atoms with Gasteiger partial charge in [0, 0.05) is 29.2 Å². The number of benzene rings is 1. The fourth-order valence-electron chi connectivity index (χ4n) is 3.68. The number of unbranched alkanes of at least 4 members (excludes halogenated alkanes) is 1. The van der Waals surface area contributed by atoms with Crippen LogP contribution in [0.15, 0.2) is 59.3 Å². The Morgan fingerprint density at radius 1 is 1.16 bits per heavy atom. The first-order chi connectivity index (χ1) is 15.1. The molecular weight excluding hydrogens is 402 g/mol. The molecule has 1 aromatic carbocycles. The second-order valence-corrected chi connectivity index (χ2v) is 8.64. The molecule has 0 aliphatic carbocycles. The minimum atomic E-state index is 0.787. The molecule has 0 fully saturated rings. The van der Waals surface area contributed by atoms with Crippen molar-refractivity contribution >= 4 is 29.5 Å². The molecule has 31 heavy (non-hydrogen) atoms. The van der Waals surface area contributed by atoms with E-state index < -0.39 is 0 Å². The van der Waals surface area contributed by atoms with Gasteiger partial charge in [0.2, 0.25) is 0 Å². The lowest BCUT2D eigenvalue weighted by molar-refractivity contribution is 0.475. The molecule has 0 aliphatic heterocycles. The van der Waals surface area contributed by atoms with Crippen LogP contribution in [0.3, 0.4) is 0 Å². The van der Waals surface area contributed by atoms with Gasteiger partial charge in [0.1, 0.15) is 0 Å². The van der Waals surface area contributed by atoms with E-state index in [1.165, 1.54) is 25.7 Å². The molecule has 0 spiro atoms. The smallest absolute Gasteiger partial charge is 0.162 e. The fourth-order valence-corrected chi connectivity index (χ4v) is 4.12. The van der Waals surface area contributed by atoms with E-state index in [1.807, 2.05) is 64.5 Å². The minimum Gasteiger partial charge on any atom is -0.241 e. The van der Waals surface area contributed by atoms with Crippen LogP contribution in [0.1, 0.15) is 52.9 Å². The van der Waals surface area contributed by atoms with Gasteiger partial charge in [-0.15, -0.1) is 11.8 Å². The zero-order chi connectivity index (χ0) is 22.1. The van der Waals surface area contributed by atoms with Gasteiger partial charge in [-0.2, -0.15) is 10.2 Å². The Hall–Kier alpha value is -2.60. The van der Waals surface area contributed by atoms with Crippen LogP contribution in [0, 0.1) is 5.92 Å². The maximum Gasteiger partial charge on any atom is 0.162 e. The Kier molecular flexibility index (Phi) is 8.71. The Labute approximate surface area is 190 Å². The van der Waals surface area contributed by atoms with Gasteiger partial charge in [-0.3, -0.25) is 0 Å². The highest BCUT2D eigenvalue weighted by Crippen LogP contribution is 2.32. The molecule has 3 aromatic rings. The molecule has 3 rings (SSSR count). The van der Waals surface area contributed by atoms with Gasteiger partial charge in [-0.05, 0) is 49.5 Å². The first-order valence-corrected chi connectivity index (χ1v) is 12.3. The van der Waals surface area contributed by atoms with Crippen molar-refractivity contribution in [3.8, 4) is 16.8 Å². The number of aromatic nitrogens is 4. The third-order valence-electron chi connectivity index (χ3n) is 5.31. The van der Waals surface area contributed by atoms with E-state index in [4.69, 9.17) is 4.99 Å². The number of rotatable bonds is 11. The van der Waals surface area contributed by atoms with Crippen molar-refractivity contribution in [3.63, 3.8) is 0 Å². The Morgan fingerprint density at radius 2 is 1.97 bits per heavy atom. The first-order valence-electron chi connectivity index (χ1n) is 11.0. The molecule has 6 heteroatoms. The van der Waals surface area contributed by atoms with Gasteiger partial charge in [0.15, 0.2) is 5.82 Å². The number of thioether (sulfide) groups is 1. The van der Waals surface area contributed by atoms with Gasteiger partial charge in [0.25, 0.3) is 0 Å². The van der Waals surface area contributed by atoms with Crippen molar-refractivity contribution in [2.45, 2.75) is 52.9 Å². The van der Waals surface area contributed by atoms with E-state index >= 15 is 0 Å². The van der Waals surface area contributed by atoms with Crippen molar-refractivity contribution < 1.29 is 0 Å². The average molecular weight is 436 g/mol. The van der Waals surface area contributed by atoms with Crippen molar-refractivity contribution in [3.05, 3.63) is 54.3 Å². The van der Waals surface area contributed by atoms with Gasteiger partial charge < -0.3 is 0 Å². The summed E-state index contributed by atoms with van der Waals surface area (Å²) in [4.78, 5) is 4.86. The average Bonchev–Trinajstić information content (AvgIpc) is 3.42. The minimum absolute atomic E-state index is 0.787. The monoisotopic (exact) mass is 435 g/mol. The molecular formula is C25H33N5S. The molecule has 0 bridgehead atoms. The summed E-state index contributed by atoms with van der Waals surface area (Å²) in [5, 5.41) is 11.3. The normalized spacial score (nSPS) is 13.2. The Bertz CT molecular complexity index is 1000. The number of para-hydroxylation sites is 1. The molecule has 164 valence electrons. The lowest BCUT2D eigenvalue weighted by atomic mass is 9.99. The third-order valence-corrected chi connectivity index (χ3v) is 5.88. The molecule has 0 N–H and O–H groups in total. The zero-order valence-electron chi connectivity index (χ0n) is 19.0. The summed E-state index contributed by atoms with van der Waals surface area (Å²) in [7, 11) is 0. The molecule has 0 saturated heterocycles. The van der Waals surface area contributed by atoms with Crippen LogP contribution >= 0.6 is 11.8 Å². The van der Waals surface area contributed by atoms with E-state index in [1.54, 1.807) is 11.8 Å².